The van der Waals surface area contributed by atoms with Gasteiger partial charge in [-0.15, -0.1) is 0 Å². The number of carbonyl (C=O) groups excluding carboxylic acids is 1. The molecule has 0 saturated heterocycles. The lowest BCUT2D eigenvalue weighted by Gasteiger charge is -2.05. The molecule has 0 aliphatic heterocycles. The fourth-order valence-corrected chi connectivity index (χ4v) is 1.57. The molecule has 0 spiro atoms. The van der Waals surface area contributed by atoms with Gasteiger partial charge in [0.05, 0.1) is 16.2 Å². The van der Waals surface area contributed by atoms with Crippen LogP contribution in [0.1, 0.15) is 16.1 Å². The van der Waals surface area contributed by atoms with Gasteiger partial charge in [-0.1, -0.05) is 0 Å². The highest BCUT2D eigenvalue weighted by molar-refractivity contribution is 6.03. The van der Waals surface area contributed by atoms with E-state index in [-0.39, 0.29) is 22.6 Å². The van der Waals surface area contributed by atoms with E-state index >= 15 is 0 Å². The van der Waals surface area contributed by atoms with E-state index in [0.29, 0.717) is 0 Å². The second kappa shape index (κ2) is 5.19. The third kappa shape index (κ3) is 2.62. The third-order valence-electron chi connectivity index (χ3n) is 2.53. The highest BCUT2D eigenvalue weighted by Gasteiger charge is 2.14. The number of carbonyl (C=O) groups is 1. The van der Waals surface area contributed by atoms with Crippen LogP contribution in [0.4, 0.5) is 11.4 Å². The fourth-order valence-electron chi connectivity index (χ4n) is 1.57. The zero-order valence-electron chi connectivity index (χ0n) is 10.4. The van der Waals surface area contributed by atoms with Crippen LogP contribution >= 0.6 is 0 Å². The maximum atomic E-state index is 11.9. The van der Waals surface area contributed by atoms with Crippen LogP contribution in [0.25, 0.3) is 0 Å². The molecule has 8 heteroatoms. The number of hydrogen-bond acceptors (Lipinski definition) is 5. The number of aromatic nitrogens is 2. The lowest BCUT2D eigenvalue weighted by atomic mass is 10.1. The molecule has 100 valence electrons. The molecule has 0 aliphatic carbocycles. The van der Waals surface area contributed by atoms with Gasteiger partial charge in [-0.3, -0.25) is 19.6 Å². The number of nitrogens with one attached hydrogen (secondary N) is 1. The highest BCUT2D eigenvalue weighted by atomic mass is 16.6. The number of amides is 1. The first-order valence-corrected chi connectivity index (χ1v) is 5.51. The molecule has 1 aromatic carbocycles. The Morgan fingerprint density at radius 3 is 2.80 bits per heavy atom. The molecular formula is C12H9N5O3. The first-order chi connectivity index (χ1) is 9.51. The molecule has 1 N–H and O–H groups in total. The summed E-state index contributed by atoms with van der Waals surface area (Å²) in [5.74, 6) is -0.490. The number of aryl methyl sites for hydroxylation is 1. The van der Waals surface area contributed by atoms with E-state index in [1.54, 1.807) is 13.2 Å². The Bertz CT molecular complexity index is 729. The van der Waals surface area contributed by atoms with Crippen LogP contribution < -0.4 is 5.32 Å². The summed E-state index contributed by atoms with van der Waals surface area (Å²) < 4.78 is 1.47. The third-order valence-corrected chi connectivity index (χ3v) is 2.53. The summed E-state index contributed by atoms with van der Waals surface area (Å²) in [5.41, 5.74) is 0.198. The van der Waals surface area contributed by atoms with Crippen molar-refractivity contribution in [3.8, 4) is 6.07 Å². The molecule has 0 radical (unpaired) electrons. The van der Waals surface area contributed by atoms with Crippen LogP contribution in [0.3, 0.4) is 0 Å². The van der Waals surface area contributed by atoms with Crippen molar-refractivity contribution in [2.24, 2.45) is 7.05 Å². The van der Waals surface area contributed by atoms with E-state index < -0.39 is 10.8 Å². The van der Waals surface area contributed by atoms with Crippen molar-refractivity contribution in [3.63, 3.8) is 0 Å². The molecule has 0 atom stereocenters. The highest BCUT2D eigenvalue weighted by Crippen LogP contribution is 2.21. The number of nitrogens with zero attached hydrogens (tertiary/aromatic N) is 4. The van der Waals surface area contributed by atoms with E-state index in [1.165, 1.54) is 22.9 Å². The molecule has 2 rings (SSSR count). The SMILES string of the molecule is Cn1ccc(C(=O)Nc2ccc([N+](=O)[O-])cc2C#N)n1. The summed E-state index contributed by atoms with van der Waals surface area (Å²) in [7, 11) is 1.67. The molecule has 1 amide bonds. The van der Waals surface area contributed by atoms with E-state index in [1.807, 2.05) is 6.07 Å². The molecule has 0 fully saturated rings. The molecule has 2 aromatic rings. The molecule has 20 heavy (non-hydrogen) atoms. The van der Waals surface area contributed by atoms with Gasteiger partial charge in [-0.05, 0) is 12.1 Å². The van der Waals surface area contributed by atoms with Crippen LogP contribution in [0.2, 0.25) is 0 Å². The average molecular weight is 271 g/mol. The number of nitro groups is 1. The quantitative estimate of drug-likeness (QED) is 0.670. The average Bonchev–Trinajstić information content (AvgIpc) is 2.85. The van der Waals surface area contributed by atoms with Gasteiger partial charge < -0.3 is 5.32 Å². The van der Waals surface area contributed by atoms with Gasteiger partial charge >= 0.3 is 0 Å². The summed E-state index contributed by atoms with van der Waals surface area (Å²) in [6.07, 6.45) is 1.61. The predicted octanol–water partition coefficient (Wildman–Crippen LogP) is 1.45. The van der Waals surface area contributed by atoms with Crippen LogP contribution in [0.5, 0.6) is 0 Å². The van der Waals surface area contributed by atoms with E-state index in [4.69, 9.17) is 5.26 Å². The van der Waals surface area contributed by atoms with Crippen LogP contribution in [-0.2, 0) is 7.05 Å². The van der Waals surface area contributed by atoms with Gasteiger partial charge in [0.25, 0.3) is 11.6 Å². The maximum absolute atomic E-state index is 11.9. The summed E-state index contributed by atoms with van der Waals surface area (Å²) >= 11 is 0. The second-order valence-electron chi connectivity index (χ2n) is 3.93. The van der Waals surface area contributed by atoms with E-state index in [9.17, 15) is 14.9 Å². The zero-order valence-corrected chi connectivity index (χ0v) is 10.4. The van der Waals surface area contributed by atoms with Crippen molar-refractivity contribution in [2.45, 2.75) is 0 Å². The molecule has 1 aromatic heterocycles. The first-order valence-electron chi connectivity index (χ1n) is 5.51. The Morgan fingerprint density at radius 2 is 2.25 bits per heavy atom. The van der Waals surface area contributed by atoms with Gasteiger partial charge in [-0.25, -0.2) is 0 Å². The Morgan fingerprint density at radius 1 is 1.50 bits per heavy atom. The fraction of sp³-hybridized carbons (Fsp3) is 0.0833. The van der Waals surface area contributed by atoms with E-state index in [2.05, 4.69) is 10.4 Å². The predicted molar refractivity (Wildman–Crippen MR) is 69.0 cm³/mol. The number of nitro benzene ring substituents is 1. The van der Waals surface area contributed by atoms with E-state index in [0.717, 1.165) is 6.07 Å². The Balaban J connectivity index is 2.28. The molecule has 0 unspecified atom stereocenters. The molecule has 8 nitrogen and oxygen atoms in total. The maximum Gasteiger partial charge on any atom is 0.276 e. The van der Waals surface area contributed by atoms with Crippen molar-refractivity contribution < 1.29 is 9.72 Å². The largest absolute Gasteiger partial charge is 0.319 e. The summed E-state index contributed by atoms with van der Waals surface area (Å²) in [6, 6.07) is 6.97. The van der Waals surface area contributed by atoms with Crippen molar-refractivity contribution in [2.75, 3.05) is 5.32 Å². The van der Waals surface area contributed by atoms with Gasteiger partial charge in [0.15, 0.2) is 5.69 Å². The smallest absolute Gasteiger partial charge is 0.276 e. The van der Waals surface area contributed by atoms with Crippen molar-refractivity contribution in [1.29, 1.82) is 5.26 Å². The summed E-state index contributed by atoms with van der Waals surface area (Å²) in [5, 5.41) is 26.0. The van der Waals surface area contributed by atoms with Gasteiger partial charge in [0.2, 0.25) is 0 Å². The number of rotatable bonds is 3. The standard InChI is InChI=1S/C12H9N5O3/c1-16-5-4-11(15-16)12(18)14-10-3-2-9(17(19)20)6-8(10)7-13/h2-6H,1H3,(H,14,18). The molecule has 1 heterocycles. The minimum atomic E-state index is -0.606. The molecular weight excluding hydrogens is 262 g/mol. The number of nitriles is 1. The summed E-state index contributed by atoms with van der Waals surface area (Å²) in [4.78, 5) is 21.9. The topological polar surface area (TPSA) is 114 Å². The molecule has 0 saturated carbocycles. The molecule has 0 aliphatic rings. The number of non-ortho nitro benzene ring substituents is 1. The Labute approximate surface area is 113 Å². The summed E-state index contributed by atoms with van der Waals surface area (Å²) in [6.45, 7) is 0. The minimum Gasteiger partial charge on any atom is -0.319 e. The number of hydrogen-bond donors (Lipinski definition) is 1. The van der Waals surface area contributed by atoms with Crippen LogP contribution in [0, 0.1) is 21.4 Å². The van der Waals surface area contributed by atoms with Crippen LogP contribution in [0.15, 0.2) is 30.5 Å². The monoisotopic (exact) mass is 271 g/mol. The lowest BCUT2D eigenvalue weighted by Crippen LogP contribution is -2.14. The number of anilines is 1. The van der Waals surface area contributed by atoms with Crippen molar-refractivity contribution in [1.82, 2.24) is 9.78 Å². The van der Waals surface area contributed by atoms with Crippen molar-refractivity contribution >= 4 is 17.3 Å². The first kappa shape index (κ1) is 13.2. The lowest BCUT2D eigenvalue weighted by molar-refractivity contribution is -0.384. The van der Waals surface area contributed by atoms with Crippen LogP contribution in [-0.4, -0.2) is 20.6 Å². The Hall–Kier alpha value is -3.21. The zero-order chi connectivity index (χ0) is 14.7. The van der Waals surface area contributed by atoms with Crippen molar-refractivity contribution in [3.05, 3.63) is 51.8 Å². The van der Waals surface area contributed by atoms with Gasteiger partial charge in [-0.2, -0.15) is 10.4 Å². The Kier molecular flexibility index (Phi) is 3.43. The van der Waals surface area contributed by atoms with Gasteiger partial charge in [0, 0.05) is 25.4 Å². The number of benzene rings is 1. The molecule has 0 bridgehead atoms. The van der Waals surface area contributed by atoms with Gasteiger partial charge in [0.1, 0.15) is 6.07 Å². The second-order valence-corrected chi connectivity index (χ2v) is 3.93. The normalized spacial score (nSPS) is 9.80. The minimum absolute atomic E-state index is 0.0171.